The molecule has 0 heterocycles. The standard InChI is InChI=1S/C28H26BrN3O2/c29-26-15-8-7-14-24(26)28(34)30-17-9-1-2-16-27(33)32-31-19-25-22-12-5-3-10-20(22)18-21-11-4-6-13-23(21)25/h3-8,10-15,18-19H,1-2,9,16-17H2,(H,30,34)(H,32,33)/b31-19+. The zero-order chi connectivity index (χ0) is 23.8. The van der Waals surface area contributed by atoms with Crippen molar-refractivity contribution >= 4 is 55.5 Å². The summed E-state index contributed by atoms with van der Waals surface area (Å²) in [6, 6.07) is 25.9. The fourth-order valence-corrected chi connectivity index (χ4v) is 4.41. The van der Waals surface area contributed by atoms with Gasteiger partial charge < -0.3 is 5.32 Å². The van der Waals surface area contributed by atoms with Crippen LogP contribution in [0.2, 0.25) is 0 Å². The number of halogens is 1. The lowest BCUT2D eigenvalue weighted by Gasteiger charge is -2.08. The Bertz CT molecular complexity index is 1300. The molecule has 0 aliphatic heterocycles. The number of fused-ring (bicyclic) bond motifs is 2. The van der Waals surface area contributed by atoms with Gasteiger partial charge >= 0.3 is 0 Å². The molecule has 0 aliphatic rings. The zero-order valence-corrected chi connectivity index (χ0v) is 20.3. The molecule has 0 fully saturated rings. The van der Waals surface area contributed by atoms with Crippen LogP contribution in [0.1, 0.15) is 41.6 Å². The highest BCUT2D eigenvalue weighted by molar-refractivity contribution is 9.10. The third-order valence-electron chi connectivity index (χ3n) is 5.68. The largest absolute Gasteiger partial charge is 0.352 e. The van der Waals surface area contributed by atoms with Gasteiger partial charge in [-0.05, 0) is 68.5 Å². The van der Waals surface area contributed by atoms with Gasteiger partial charge in [-0.25, -0.2) is 5.43 Å². The Morgan fingerprint density at radius 3 is 2.18 bits per heavy atom. The summed E-state index contributed by atoms with van der Waals surface area (Å²) in [5.41, 5.74) is 4.27. The van der Waals surface area contributed by atoms with Crippen molar-refractivity contribution in [3.8, 4) is 0 Å². The maximum absolute atomic E-state index is 12.2. The van der Waals surface area contributed by atoms with Crippen LogP contribution in [-0.2, 0) is 4.79 Å². The third-order valence-corrected chi connectivity index (χ3v) is 6.37. The number of unbranched alkanes of at least 4 members (excludes halogenated alkanes) is 2. The van der Waals surface area contributed by atoms with Crippen molar-refractivity contribution < 1.29 is 9.59 Å². The second-order valence-electron chi connectivity index (χ2n) is 8.07. The molecule has 2 N–H and O–H groups in total. The van der Waals surface area contributed by atoms with Crippen molar-refractivity contribution in [2.45, 2.75) is 25.7 Å². The molecular weight excluding hydrogens is 490 g/mol. The molecular formula is C28H26BrN3O2. The lowest BCUT2D eigenvalue weighted by molar-refractivity contribution is -0.121. The molecule has 34 heavy (non-hydrogen) atoms. The summed E-state index contributed by atoms with van der Waals surface area (Å²) in [6.45, 7) is 0.577. The Morgan fingerprint density at radius 2 is 1.47 bits per heavy atom. The van der Waals surface area contributed by atoms with Crippen LogP contribution >= 0.6 is 15.9 Å². The van der Waals surface area contributed by atoms with Crippen LogP contribution in [0.5, 0.6) is 0 Å². The van der Waals surface area contributed by atoms with E-state index < -0.39 is 0 Å². The van der Waals surface area contributed by atoms with Crippen molar-refractivity contribution in [1.82, 2.24) is 10.7 Å². The van der Waals surface area contributed by atoms with E-state index in [0.717, 1.165) is 50.8 Å². The minimum atomic E-state index is -0.113. The minimum absolute atomic E-state index is 0.0967. The molecule has 5 nitrogen and oxygen atoms in total. The van der Waals surface area contributed by atoms with Gasteiger partial charge in [-0.3, -0.25) is 9.59 Å². The van der Waals surface area contributed by atoms with Crippen molar-refractivity contribution in [3.05, 3.63) is 94.5 Å². The lowest BCUT2D eigenvalue weighted by Crippen LogP contribution is -2.24. The lowest BCUT2D eigenvalue weighted by atomic mass is 9.97. The molecule has 2 amide bonds. The molecule has 0 unspecified atom stereocenters. The number of benzene rings is 4. The number of hydrazone groups is 1. The average Bonchev–Trinajstić information content (AvgIpc) is 2.85. The first-order valence-electron chi connectivity index (χ1n) is 11.4. The van der Waals surface area contributed by atoms with E-state index in [-0.39, 0.29) is 11.8 Å². The van der Waals surface area contributed by atoms with Crippen LogP contribution in [-0.4, -0.2) is 24.6 Å². The second-order valence-corrected chi connectivity index (χ2v) is 8.93. The van der Waals surface area contributed by atoms with Gasteiger partial charge in [0, 0.05) is 23.0 Å². The monoisotopic (exact) mass is 515 g/mol. The quantitative estimate of drug-likeness (QED) is 0.120. The summed E-state index contributed by atoms with van der Waals surface area (Å²) in [5.74, 6) is -0.210. The predicted molar refractivity (Wildman–Crippen MR) is 142 cm³/mol. The van der Waals surface area contributed by atoms with Gasteiger partial charge in [-0.15, -0.1) is 0 Å². The zero-order valence-electron chi connectivity index (χ0n) is 18.8. The summed E-state index contributed by atoms with van der Waals surface area (Å²) >= 11 is 3.39. The number of hydrogen-bond donors (Lipinski definition) is 2. The smallest absolute Gasteiger partial charge is 0.252 e. The number of carbonyl (C=O) groups is 2. The molecule has 0 saturated heterocycles. The van der Waals surface area contributed by atoms with Crippen LogP contribution in [0.25, 0.3) is 21.5 Å². The van der Waals surface area contributed by atoms with E-state index in [0.29, 0.717) is 18.5 Å². The second kappa shape index (κ2) is 11.6. The van der Waals surface area contributed by atoms with Crippen molar-refractivity contribution in [2.75, 3.05) is 6.54 Å². The summed E-state index contributed by atoms with van der Waals surface area (Å²) < 4.78 is 0.779. The molecule has 0 aliphatic carbocycles. The van der Waals surface area contributed by atoms with Crippen LogP contribution in [0.3, 0.4) is 0 Å². The van der Waals surface area contributed by atoms with Crippen molar-refractivity contribution in [1.29, 1.82) is 0 Å². The predicted octanol–water partition coefficient (Wildman–Crippen LogP) is 6.20. The Labute approximate surface area is 207 Å². The fourth-order valence-electron chi connectivity index (χ4n) is 3.94. The highest BCUT2D eigenvalue weighted by atomic mass is 79.9. The van der Waals surface area contributed by atoms with Gasteiger partial charge in [0.15, 0.2) is 0 Å². The molecule has 0 aromatic heterocycles. The minimum Gasteiger partial charge on any atom is -0.352 e. The van der Waals surface area contributed by atoms with Gasteiger partial charge in [0.05, 0.1) is 11.8 Å². The number of amides is 2. The molecule has 172 valence electrons. The Morgan fingerprint density at radius 1 is 0.824 bits per heavy atom. The number of rotatable bonds is 9. The molecule has 4 aromatic carbocycles. The molecule has 0 saturated carbocycles. The van der Waals surface area contributed by atoms with E-state index in [9.17, 15) is 9.59 Å². The third kappa shape index (κ3) is 5.88. The van der Waals surface area contributed by atoms with Crippen molar-refractivity contribution in [2.24, 2.45) is 5.10 Å². The average molecular weight is 516 g/mol. The van der Waals surface area contributed by atoms with E-state index in [2.05, 4.69) is 62.1 Å². The van der Waals surface area contributed by atoms with E-state index in [1.807, 2.05) is 42.5 Å². The van der Waals surface area contributed by atoms with Crippen LogP contribution in [0.4, 0.5) is 0 Å². The molecule has 4 aromatic rings. The highest BCUT2D eigenvalue weighted by Gasteiger charge is 2.08. The molecule has 0 radical (unpaired) electrons. The van der Waals surface area contributed by atoms with E-state index in [1.165, 1.54) is 0 Å². The Balaban J connectivity index is 1.24. The summed E-state index contributed by atoms with van der Waals surface area (Å²) in [5, 5.41) is 11.6. The Hall–Kier alpha value is -3.51. The van der Waals surface area contributed by atoms with Crippen LogP contribution in [0.15, 0.2) is 88.4 Å². The molecule has 0 bridgehead atoms. The maximum atomic E-state index is 12.2. The summed E-state index contributed by atoms with van der Waals surface area (Å²) in [6.07, 6.45) is 4.53. The maximum Gasteiger partial charge on any atom is 0.252 e. The summed E-state index contributed by atoms with van der Waals surface area (Å²) in [7, 11) is 0. The normalized spacial score (nSPS) is 11.2. The topological polar surface area (TPSA) is 70.6 Å². The molecule has 6 heteroatoms. The van der Waals surface area contributed by atoms with Gasteiger partial charge in [0.25, 0.3) is 5.91 Å². The SMILES string of the molecule is O=C(CCCCCNC(=O)c1ccccc1Br)N/N=C/c1c2ccccc2cc2ccccc12. The first-order valence-corrected chi connectivity index (χ1v) is 12.2. The highest BCUT2D eigenvalue weighted by Crippen LogP contribution is 2.27. The van der Waals surface area contributed by atoms with Gasteiger partial charge in [0.2, 0.25) is 5.91 Å². The van der Waals surface area contributed by atoms with Gasteiger partial charge in [-0.1, -0.05) is 67.1 Å². The number of hydrogen-bond acceptors (Lipinski definition) is 3. The first-order chi connectivity index (χ1) is 16.6. The molecule has 4 rings (SSSR count). The first kappa shape index (κ1) is 23.6. The molecule has 0 atom stereocenters. The van der Waals surface area contributed by atoms with Crippen molar-refractivity contribution in [3.63, 3.8) is 0 Å². The van der Waals surface area contributed by atoms with Gasteiger partial charge in [-0.2, -0.15) is 5.10 Å². The molecule has 0 spiro atoms. The van der Waals surface area contributed by atoms with Crippen LogP contribution in [0, 0.1) is 0 Å². The van der Waals surface area contributed by atoms with Gasteiger partial charge in [0.1, 0.15) is 0 Å². The van der Waals surface area contributed by atoms with E-state index in [4.69, 9.17) is 0 Å². The number of nitrogens with one attached hydrogen (secondary N) is 2. The summed E-state index contributed by atoms with van der Waals surface area (Å²) in [4.78, 5) is 24.4. The number of nitrogens with zero attached hydrogens (tertiary/aromatic N) is 1. The van der Waals surface area contributed by atoms with E-state index >= 15 is 0 Å². The van der Waals surface area contributed by atoms with E-state index in [1.54, 1.807) is 12.3 Å². The number of carbonyl (C=O) groups excluding carboxylic acids is 2. The fraction of sp³-hybridized carbons (Fsp3) is 0.179. The Kier molecular flexibility index (Phi) is 8.04. The van der Waals surface area contributed by atoms with Crippen LogP contribution < -0.4 is 10.7 Å².